The van der Waals surface area contributed by atoms with E-state index in [4.69, 9.17) is 5.73 Å². The summed E-state index contributed by atoms with van der Waals surface area (Å²) in [4.78, 5) is 23.3. The van der Waals surface area contributed by atoms with Gasteiger partial charge < -0.3 is 15.8 Å². The van der Waals surface area contributed by atoms with Crippen LogP contribution in [0.3, 0.4) is 0 Å². The number of fused-ring (bicyclic) bond motifs is 1. The number of methoxy groups -OCH3 is 1. The lowest BCUT2D eigenvalue weighted by molar-refractivity contribution is -0.142. The molecular formula is C16H23ClN2O3. The van der Waals surface area contributed by atoms with Gasteiger partial charge in [-0.25, -0.2) is 0 Å². The van der Waals surface area contributed by atoms with E-state index in [0.29, 0.717) is 0 Å². The Morgan fingerprint density at radius 1 is 1.41 bits per heavy atom. The molecule has 6 heteroatoms. The topological polar surface area (TPSA) is 81.4 Å². The van der Waals surface area contributed by atoms with Crippen LogP contribution in [0.2, 0.25) is 0 Å². The first-order chi connectivity index (χ1) is 9.85. The van der Waals surface area contributed by atoms with Crippen molar-refractivity contribution in [1.82, 2.24) is 5.32 Å². The maximum atomic E-state index is 12.1. The predicted molar refractivity (Wildman–Crippen MR) is 86.8 cm³/mol. The molecular weight excluding hydrogens is 304 g/mol. The highest BCUT2D eigenvalue weighted by molar-refractivity contribution is 5.86. The number of carbonyl (C=O) groups excluding carboxylic acids is 2. The lowest BCUT2D eigenvalue weighted by atomic mass is 9.86. The van der Waals surface area contributed by atoms with E-state index < -0.39 is 12.0 Å². The van der Waals surface area contributed by atoms with Gasteiger partial charge in [0.1, 0.15) is 0 Å². The van der Waals surface area contributed by atoms with Crippen LogP contribution in [0, 0.1) is 0 Å². The molecule has 1 aromatic carbocycles. The second-order valence-corrected chi connectivity index (χ2v) is 6.12. The fourth-order valence-corrected chi connectivity index (χ4v) is 2.91. The lowest BCUT2D eigenvalue weighted by Crippen LogP contribution is -2.43. The summed E-state index contributed by atoms with van der Waals surface area (Å²) in [5, 5.41) is 2.95. The van der Waals surface area contributed by atoms with Crippen molar-refractivity contribution in [2.24, 2.45) is 5.73 Å². The van der Waals surface area contributed by atoms with Gasteiger partial charge in [0.25, 0.3) is 0 Å². The van der Waals surface area contributed by atoms with E-state index in [1.54, 1.807) is 0 Å². The van der Waals surface area contributed by atoms with E-state index in [-0.39, 0.29) is 36.2 Å². The summed E-state index contributed by atoms with van der Waals surface area (Å²) in [5.74, 6) is -0.803. The van der Waals surface area contributed by atoms with E-state index in [2.05, 4.69) is 30.0 Å². The van der Waals surface area contributed by atoms with Crippen molar-refractivity contribution in [3.05, 3.63) is 35.4 Å². The third kappa shape index (κ3) is 3.78. The molecule has 0 aromatic heterocycles. The van der Waals surface area contributed by atoms with Gasteiger partial charge in [0, 0.05) is 0 Å². The summed E-state index contributed by atoms with van der Waals surface area (Å²) in [6.07, 6.45) is 0.711. The number of carbonyl (C=O) groups is 2. The quantitative estimate of drug-likeness (QED) is 0.827. The molecule has 0 heterocycles. The van der Waals surface area contributed by atoms with Gasteiger partial charge in [-0.05, 0) is 23.0 Å². The van der Waals surface area contributed by atoms with Gasteiger partial charge in [-0.2, -0.15) is 0 Å². The van der Waals surface area contributed by atoms with Gasteiger partial charge in [-0.15, -0.1) is 12.4 Å². The molecule has 1 unspecified atom stereocenters. The Kier molecular flexibility index (Phi) is 5.97. The van der Waals surface area contributed by atoms with Crippen molar-refractivity contribution in [3.8, 4) is 0 Å². The van der Waals surface area contributed by atoms with E-state index in [9.17, 15) is 9.59 Å². The first-order valence-electron chi connectivity index (χ1n) is 7.07. The number of hydrogen-bond donors (Lipinski definition) is 2. The van der Waals surface area contributed by atoms with Crippen LogP contribution in [0.1, 0.15) is 43.9 Å². The van der Waals surface area contributed by atoms with Crippen LogP contribution in [-0.2, 0) is 19.7 Å². The van der Waals surface area contributed by atoms with E-state index in [1.807, 2.05) is 18.2 Å². The Morgan fingerprint density at radius 3 is 2.68 bits per heavy atom. The second-order valence-electron chi connectivity index (χ2n) is 6.12. The molecule has 1 aromatic rings. The number of rotatable bonds is 4. The number of nitrogens with one attached hydrogen (secondary N) is 1. The summed E-state index contributed by atoms with van der Waals surface area (Å²) >= 11 is 0. The fourth-order valence-electron chi connectivity index (χ4n) is 2.91. The van der Waals surface area contributed by atoms with Crippen LogP contribution in [0.5, 0.6) is 0 Å². The summed E-state index contributed by atoms with van der Waals surface area (Å²) in [6.45, 7) is 4.32. The molecule has 0 radical (unpaired) electrons. The van der Waals surface area contributed by atoms with Gasteiger partial charge in [0.05, 0.1) is 25.6 Å². The number of halogens is 1. The van der Waals surface area contributed by atoms with Crippen LogP contribution in [-0.4, -0.2) is 25.0 Å². The number of nitrogens with two attached hydrogens (primary N) is 1. The highest BCUT2D eigenvalue weighted by atomic mass is 35.5. The number of amides is 1. The van der Waals surface area contributed by atoms with Crippen LogP contribution < -0.4 is 11.1 Å². The third-order valence-electron chi connectivity index (χ3n) is 4.05. The predicted octanol–water partition coefficient (Wildman–Crippen LogP) is 1.84. The van der Waals surface area contributed by atoms with Crippen LogP contribution in [0.15, 0.2) is 24.3 Å². The monoisotopic (exact) mass is 326 g/mol. The third-order valence-corrected chi connectivity index (χ3v) is 4.05. The van der Waals surface area contributed by atoms with Crippen molar-refractivity contribution in [2.45, 2.75) is 44.2 Å². The normalized spacial score (nSPS) is 19.5. The van der Waals surface area contributed by atoms with Gasteiger partial charge >= 0.3 is 5.97 Å². The Hall–Kier alpha value is -1.59. The zero-order chi connectivity index (χ0) is 15.6. The Morgan fingerprint density at radius 2 is 2.05 bits per heavy atom. The standard InChI is InChI=1S/C16H22N2O3.ClH/c1-16(2)9-13(10-6-4-5-7-11(10)16)18-15(20)12(17)8-14(19)21-3;/h4-7,12-13H,8-9,17H2,1-3H3,(H,18,20);1H/t12-,13?;/m1./s1. The molecule has 1 aliphatic rings. The van der Waals surface area contributed by atoms with Gasteiger partial charge in [0.15, 0.2) is 0 Å². The van der Waals surface area contributed by atoms with Gasteiger partial charge in [-0.3, -0.25) is 9.59 Å². The zero-order valence-corrected chi connectivity index (χ0v) is 13.9. The molecule has 1 aliphatic carbocycles. The fraction of sp³-hybridized carbons (Fsp3) is 0.500. The number of hydrogen-bond acceptors (Lipinski definition) is 4. The van der Waals surface area contributed by atoms with Crippen LogP contribution in [0.25, 0.3) is 0 Å². The molecule has 5 nitrogen and oxygen atoms in total. The SMILES string of the molecule is COC(=O)C[C@@H](N)C(=O)NC1CC(C)(C)c2ccccc21.Cl. The van der Waals surface area contributed by atoms with Crippen molar-refractivity contribution in [1.29, 1.82) is 0 Å². The van der Waals surface area contributed by atoms with Crippen molar-refractivity contribution >= 4 is 24.3 Å². The smallest absolute Gasteiger partial charge is 0.307 e. The van der Waals surface area contributed by atoms with Gasteiger partial charge in [0.2, 0.25) is 5.91 Å². The summed E-state index contributed by atoms with van der Waals surface area (Å²) < 4.78 is 4.53. The molecule has 22 heavy (non-hydrogen) atoms. The van der Waals surface area contributed by atoms with Crippen LogP contribution in [0.4, 0.5) is 0 Å². The largest absolute Gasteiger partial charge is 0.469 e. The van der Waals surface area contributed by atoms with Crippen molar-refractivity contribution < 1.29 is 14.3 Å². The minimum absolute atomic E-state index is 0. The molecule has 1 amide bonds. The van der Waals surface area contributed by atoms with E-state index >= 15 is 0 Å². The number of esters is 1. The Labute approximate surface area is 137 Å². The molecule has 0 saturated heterocycles. The first kappa shape index (κ1) is 18.5. The van der Waals surface area contributed by atoms with Crippen molar-refractivity contribution in [3.63, 3.8) is 0 Å². The molecule has 2 atom stereocenters. The molecule has 0 fully saturated rings. The molecule has 2 rings (SSSR count). The van der Waals surface area contributed by atoms with Gasteiger partial charge in [-0.1, -0.05) is 38.1 Å². The highest BCUT2D eigenvalue weighted by Gasteiger charge is 2.37. The molecule has 0 bridgehead atoms. The highest BCUT2D eigenvalue weighted by Crippen LogP contribution is 2.44. The average molecular weight is 327 g/mol. The average Bonchev–Trinajstić information content (AvgIpc) is 2.70. The maximum absolute atomic E-state index is 12.1. The minimum Gasteiger partial charge on any atom is -0.469 e. The summed E-state index contributed by atoms with van der Waals surface area (Å²) in [7, 11) is 1.28. The molecule has 0 spiro atoms. The summed E-state index contributed by atoms with van der Waals surface area (Å²) in [6, 6.07) is 7.15. The zero-order valence-electron chi connectivity index (χ0n) is 13.1. The second kappa shape index (κ2) is 7.11. The number of ether oxygens (including phenoxy) is 1. The molecule has 3 N–H and O–H groups in total. The molecule has 0 saturated carbocycles. The first-order valence-corrected chi connectivity index (χ1v) is 7.07. The summed E-state index contributed by atoms with van der Waals surface area (Å²) in [5.41, 5.74) is 8.13. The van der Waals surface area contributed by atoms with Crippen LogP contribution >= 0.6 is 12.4 Å². The Balaban J connectivity index is 0.00000242. The van der Waals surface area contributed by atoms with E-state index in [1.165, 1.54) is 12.7 Å². The Bertz CT molecular complexity index is 560. The van der Waals surface area contributed by atoms with E-state index in [0.717, 1.165) is 12.0 Å². The maximum Gasteiger partial charge on any atom is 0.307 e. The number of benzene rings is 1. The molecule has 0 aliphatic heterocycles. The molecule has 122 valence electrons. The van der Waals surface area contributed by atoms with Crippen molar-refractivity contribution in [2.75, 3.05) is 7.11 Å². The minimum atomic E-state index is -0.881. The lowest BCUT2D eigenvalue weighted by Gasteiger charge is -2.20.